The van der Waals surface area contributed by atoms with Gasteiger partial charge in [0.2, 0.25) is 0 Å². The van der Waals surface area contributed by atoms with E-state index in [0.29, 0.717) is 0 Å². The molecule has 0 bridgehead atoms. The number of hydrogen-bond acceptors (Lipinski definition) is 4. The van der Waals surface area contributed by atoms with E-state index in [1.165, 1.54) is 0 Å². The number of aliphatic hydroxyl groups is 1. The van der Waals surface area contributed by atoms with Gasteiger partial charge < -0.3 is 10.4 Å². The molecule has 0 aromatic carbocycles. The highest BCUT2D eigenvalue weighted by Gasteiger charge is 2.14. The van der Waals surface area contributed by atoms with Crippen molar-refractivity contribution in [1.82, 2.24) is 5.32 Å². The average molecular weight is 237 g/mol. The molecule has 0 aliphatic heterocycles. The molecule has 2 unspecified atom stereocenters. The Balaban J connectivity index is 3.87. The van der Waals surface area contributed by atoms with Crippen LogP contribution in [0.4, 0.5) is 0 Å². The second kappa shape index (κ2) is 7.19. The highest BCUT2D eigenvalue weighted by atomic mass is 32.2. The van der Waals surface area contributed by atoms with Gasteiger partial charge in [0.15, 0.2) is 9.84 Å². The molecule has 2 atom stereocenters. The summed E-state index contributed by atoms with van der Waals surface area (Å²) in [6, 6.07) is 0.225. The Kier molecular flexibility index (Phi) is 7.13. The minimum Gasteiger partial charge on any atom is -0.396 e. The molecule has 0 aromatic rings. The summed E-state index contributed by atoms with van der Waals surface area (Å²) in [5.74, 6) is 0.386. The van der Waals surface area contributed by atoms with Gasteiger partial charge in [-0.05, 0) is 26.7 Å². The number of aliphatic hydroxyl groups excluding tert-OH is 1. The lowest BCUT2D eigenvalue weighted by Crippen LogP contribution is -2.39. The van der Waals surface area contributed by atoms with E-state index in [0.717, 1.165) is 12.8 Å². The second-order valence-electron chi connectivity index (χ2n) is 4.03. The van der Waals surface area contributed by atoms with E-state index in [1.54, 1.807) is 6.92 Å². The van der Waals surface area contributed by atoms with E-state index in [1.807, 2.05) is 13.8 Å². The van der Waals surface area contributed by atoms with Crippen LogP contribution < -0.4 is 5.32 Å². The quantitative estimate of drug-likeness (QED) is 0.647. The Bertz CT molecular complexity index is 251. The van der Waals surface area contributed by atoms with Gasteiger partial charge >= 0.3 is 0 Å². The minimum atomic E-state index is -2.90. The normalized spacial score (nSPS) is 16.3. The number of nitrogens with one attached hydrogen (secondary N) is 1. The number of sulfone groups is 1. The van der Waals surface area contributed by atoms with Crippen molar-refractivity contribution in [3.63, 3.8) is 0 Å². The second-order valence-corrected chi connectivity index (χ2v) is 6.43. The van der Waals surface area contributed by atoms with Crippen molar-refractivity contribution in [3.05, 3.63) is 0 Å². The van der Waals surface area contributed by atoms with Gasteiger partial charge in [0.25, 0.3) is 0 Å². The van der Waals surface area contributed by atoms with Crippen LogP contribution in [-0.4, -0.2) is 43.7 Å². The lowest BCUT2D eigenvalue weighted by molar-refractivity contribution is 0.275. The van der Waals surface area contributed by atoms with E-state index < -0.39 is 9.84 Å². The fourth-order valence-electron chi connectivity index (χ4n) is 1.51. The first-order chi connectivity index (χ1) is 6.91. The molecule has 4 nitrogen and oxygen atoms in total. The van der Waals surface area contributed by atoms with Crippen molar-refractivity contribution in [2.24, 2.45) is 0 Å². The van der Waals surface area contributed by atoms with Gasteiger partial charge in [-0.25, -0.2) is 8.42 Å². The van der Waals surface area contributed by atoms with Crippen molar-refractivity contribution >= 4 is 9.84 Å². The third-order valence-electron chi connectivity index (χ3n) is 2.31. The molecule has 2 N–H and O–H groups in total. The maximum absolute atomic E-state index is 11.3. The summed E-state index contributed by atoms with van der Waals surface area (Å²) in [5.41, 5.74) is 0. The zero-order valence-electron chi connectivity index (χ0n) is 9.86. The molecule has 15 heavy (non-hydrogen) atoms. The summed E-state index contributed by atoms with van der Waals surface area (Å²) in [7, 11) is -2.90. The van der Waals surface area contributed by atoms with Crippen LogP contribution in [0.5, 0.6) is 0 Å². The summed E-state index contributed by atoms with van der Waals surface area (Å²) >= 11 is 0. The fourth-order valence-corrected chi connectivity index (χ4v) is 2.61. The molecule has 0 fully saturated rings. The predicted octanol–water partition coefficient (Wildman–Crippen LogP) is 0.560. The molecule has 0 rings (SSSR count). The van der Waals surface area contributed by atoms with Crippen molar-refractivity contribution in [2.45, 2.75) is 45.7 Å². The molecule has 0 saturated carbocycles. The largest absolute Gasteiger partial charge is 0.396 e. The van der Waals surface area contributed by atoms with Crippen LogP contribution in [0.25, 0.3) is 0 Å². The van der Waals surface area contributed by atoms with Gasteiger partial charge in [-0.1, -0.05) is 6.92 Å². The zero-order chi connectivity index (χ0) is 11.9. The van der Waals surface area contributed by atoms with Crippen LogP contribution >= 0.6 is 0 Å². The van der Waals surface area contributed by atoms with Crippen molar-refractivity contribution < 1.29 is 13.5 Å². The third-order valence-corrected chi connectivity index (χ3v) is 4.20. The first-order valence-electron chi connectivity index (χ1n) is 5.48. The molecule has 0 aliphatic rings. The summed E-state index contributed by atoms with van der Waals surface area (Å²) in [4.78, 5) is 0. The summed E-state index contributed by atoms with van der Waals surface area (Å²) in [6.07, 6.45) is 1.62. The molecular weight excluding hydrogens is 214 g/mol. The molecule has 0 heterocycles. The summed E-state index contributed by atoms with van der Waals surface area (Å²) in [6.45, 7) is 5.73. The Labute approximate surface area is 93.0 Å². The first kappa shape index (κ1) is 14.9. The molecule has 0 aliphatic carbocycles. The smallest absolute Gasteiger partial charge is 0.151 e. The van der Waals surface area contributed by atoms with E-state index in [9.17, 15) is 8.42 Å². The molecule has 92 valence electrons. The lowest BCUT2D eigenvalue weighted by atomic mass is 10.2. The van der Waals surface area contributed by atoms with Crippen LogP contribution in [0.2, 0.25) is 0 Å². The van der Waals surface area contributed by atoms with Crippen molar-refractivity contribution in [3.8, 4) is 0 Å². The number of hydrogen-bond donors (Lipinski definition) is 2. The van der Waals surface area contributed by atoms with Gasteiger partial charge in [-0.3, -0.25) is 0 Å². The van der Waals surface area contributed by atoms with Crippen molar-refractivity contribution in [2.75, 3.05) is 18.1 Å². The van der Waals surface area contributed by atoms with Crippen molar-refractivity contribution in [1.29, 1.82) is 0 Å². The van der Waals surface area contributed by atoms with Crippen LogP contribution in [0.3, 0.4) is 0 Å². The van der Waals surface area contributed by atoms with Gasteiger partial charge in [0.05, 0.1) is 5.75 Å². The highest BCUT2D eigenvalue weighted by molar-refractivity contribution is 7.91. The maximum Gasteiger partial charge on any atom is 0.151 e. The Morgan fingerprint density at radius 2 is 1.87 bits per heavy atom. The highest BCUT2D eigenvalue weighted by Crippen LogP contribution is 2.00. The average Bonchev–Trinajstić information content (AvgIpc) is 2.13. The molecule has 5 heteroatoms. The Morgan fingerprint density at radius 3 is 2.33 bits per heavy atom. The van der Waals surface area contributed by atoms with Gasteiger partial charge in [-0.2, -0.15) is 0 Å². The summed E-state index contributed by atoms with van der Waals surface area (Å²) in [5, 5.41) is 11.9. The zero-order valence-corrected chi connectivity index (χ0v) is 10.7. The Morgan fingerprint density at radius 1 is 1.27 bits per heavy atom. The molecule has 0 radical (unpaired) electrons. The van der Waals surface area contributed by atoms with Gasteiger partial charge in [0, 0.05) is 24.4 Å². The van der Waals surface area contributed by atoms with Crippen LogP contribution in [0.1, 0.15) is 33.6 Å². The van der Waals surface area contributed by atoms with Gasteiger partial charge in [0.1, 0.15) is 0 Å². The number of rotatable bonds is 8. The lowest BCUT2D eigenvalue weighted by Gasteiger charge is -2.19. The standard InChI is InChI=1S/C10H23NO3S/c1-4-15(13,14)8-10(3)11-9(2)6-5-7-12/h9-12H,4-8H2,1-3H3. The van der Waals surface area contributed by atoms with Crippen LogP contribution in [-0.2, 0) is 9.84 Å². The third kappa shape index (κ3) is 7.76. The SMILES string of the molecule is CCS(=O)(=O)CC(C)NC(C)CCCO. The van der Waals surface area contributed by atoms with Crippen LogP contribution in [0.15, 0.2) is 0 Å². The Hall–Kier alpha value is -0.130. The molecule has 0 spiro atoms. The maximum atomic E-state index is 11.3. The van der Waals surface area contributed by atoms with E-state index in [4.69, 9.17) is 5.11 Å². The first-order valence-corrected chi connectivity index (χ1v) is 7.30. The van der Waals surface area contributed by atoms with Crippen LogP contribution in [0, 0.1) is 0 Å². The molecular formula is C10H23NO3S. The monoisotopic (exact) mass is 237 g/mol. The predicted molar refractivity (Wildman–Crippen MR) is 62.7 cm³/mol. The molecule has 0 amide bonds. The van der Waals surface area contributed by atoms with E-state index in [-0.39, 0.29) is 30.2 Å². The van der Waals surface area contributed by atoms with Gasteiger partial charge in [-0.15, -0.1) is 0 Å². The van der Waals surface area contributed by atoms with E-state index in [2.05, 4.69) is 5.32 Å². The van der Waals surface area contributed by atoms with E-state index >= 15 is 0 Å². The topological polar surface area (TPSA) is 66.4 Å². The molecule has 0 saturated heterocycles. The summed E-state index contributed by atoms with van der Waals surface area (Å²) < 4.78 is 22.7. The minimum absolute atomic E-state index is 0.0244. The fraction of sp³-hybridized carbons (Fsp3) is 1.00. The molecule has 0 aromatic heterocycles.